The van der Waals surface area contributed by atoms with Gasteiger partial charge in [0.2, 0.25) is 0 Å². The Kier molecular flexibility index (Phi) is 4.80. The molecule has 0 aromatic heterocycles. The molecule has 0 saturated heterocycles. The van der Waals surface area contributed by atoms with Gasteiger partial charge < -0.3 is 10.1 Å². The number of hydrogen-bond donors (Lipinski definition) is 1. The second-order valence-electron chi connectivity index (χ2n) is 4.59. The van der Waals surface area contributed by atoms with E-state index in [0.717, 1.165) is 31.4 Å². The first-order valence-corrected chi connectivity index (χ1v) is 6.46. The maximum atomic E-state index is 12.6. The van der Waals surface area contributed by atoms with Crippen molar-refractivity contribution in [1.82, 2.24) is 5.32 Å². The molecule has 17 heavy (non-hydrogen) atoms. The van der Waals surface area contributed by atoms with Crippen LogP contribution in [0.5, 0.6) is 5.75 Å². The first kappa shape index (κ1) is 12.4. The Morgan fingerprint density at radius 3 is 2.59 bits per heavy atom. The quantitative estimate of drug-likeness (QED) is 0.701. The fourth-order valence-electron chi connectivity index (χ4n) is 1.72. The van der Waals surface area contributed by atoms with Gasteiger partial charge in [0, 0.05) is 6.04 Å². The van der Waals surface area contributed by atoms with Gasteiger partial charge in [-0.3, -0.25) is 0 Å². The van der Waals surface area contributed by atoms with Crippen molar-refractivity contribution in [3.8, 4) is 5.75 Å². The molecule has 0 amide bonds. The molecule has 1 N–H and O–H groups in total. The Bertz CT molecular complexity index is 321. The highest BCUT2D eigenvalue weighted by Gasteiger charge is 2.19. The largest absolute Gasteiger partial charge is 0.494 e. The van der Waals surface area contributed by atoms with Crippen LogP contribution in [0.1, 0.15) is 32.1 Å². The van der Waals surface area contributed by atoms with Crippen molar-refractivity contribution in [2.24, 2.45) is 0 Å². The van der Waals surface area contributed by atoms with Crippen LogP contribution in [0.2, 0.25) is 0 Å². The number of rotatable bonds is 8. The van der Waals surface area contributed by atoms with Gasteiger partial charge in [0.05, 0.1) is 6.61 Å². The fourth-order valence-corrected chi connectivity index (χ4v) is 1.72. The lowest BCUT2D eigenvalue weighted by molar-refractivity contribution is 0.304. The van der Waals surface area contributed by atoms with Crippen LogP contribution in [0.4, 0.5) is 4.39 Å². The number of benzene rings is 1. The van der Waals surface area contributed by atoms with Crippen molar-refractivity contribution in [2.75, 3.05) is 13.2 Å². The maximum Gasteiger partial charge on any atom is 0.123 e. The molecule has 1 fully saturated rings. The Morgan fingerprint density at radius 2 is 1.88 bits per heavy atom. The smallest absolute Gasteiger partial charge is 0.123 e. The van der Waals surface area contributed by atoms with Gasteiger partial charge in [-0.25, -0.2) is 4.39 Å². The number of unbranched alkanes of at least 4 members (excludes halogenated alkanes) is 2. The number of nitrogens with one attached hydrogen (secondary N) is 1. The van der Waals surface area contributed by atoms with E-state index >= 15 is 0 Å². The van der Waals surface area contributed by atoms with E-state index in [-0.39, 0.29) is 5.82 Å². The van der Waals surface area contributed by atoms with Gasteiger partial charge in [0.1, 0.15) is 11.6 Å². The minimum Gasteiger partial charge on any atom is -0.494 e. The predicted molar refractivity (Wildman–Crippen MR) is 66.8 cm³/mol. The van der Waals surface area contributed by atoms with Crippen molar-refractivity contribution < 1.29 is 9.13 Å². The normalized spacial score (nSPS) is 14.9. The SMILES string of the molecule is Fc1ccc(OCCCCCNC2CC2)cc1. The maximum absolute atomic E-state index is 12.6. The van der Waals surface area contributed by atoms with E-state index in [2.05, 4.69) is 5.32 Å². The predicted octanol–water partition coefficient (Wildman–Crippen LogP) is 3.13. The van der Waals surface area contributed by atoms with Crippen LogP contribution in [0.25, 0.3) is 0 Å². The van der Waals surface area contributed by atoms with Crippen molar-refractivity contribution in [3.05, 3.63) is 30.1 Å². The summed E-state index contributed by atoms with van der Waals surface area (Å²) in [5.41, 5.74) is 0. The molecule has 1 aromatic carbocycles. The highest BCUT2D eigenvalue weighted by molar-refractivity contribution is 5.21. The lowest BCUT2D eigenvalue weighted by atomic mass is 10.2. The Labute approximate surface area is 102 Å². The van der Waals surface area contributed by atoms with Crippen LogP contribution in [0, 0.1) is 5.82 Å². The molecule has 1 saturated carbocycles. The third-order valence-electron chi connectivity index (χ3n) is 2.91. The van der Waals surface area contributed by atoms with Crippen molar-refractivity contribution in [3.63, 3.8) is 0 Å². The molecule has 3 heteroatoms. The van der Waals surface area contributed by atoms with Gasteiger partial charge in [-0.05, 0) is 62.9 Å². The van der Waals surface area contributed by atoms with Gasteiger partial charge in [-0.15, -0.1) is 0 Å². The van der Waals surface area contributed by atoms with Crippen molar-refractivity contribution in [1.29, 1.82) is 0 Å². The van der Waals surface area contributed by atoms with E-state index in [1.54, 1.807) is 12.1 Å². The van der Waals surface area contributed by atoms with E-state index in [1.165, 1.54) is 37.8 Å². The summed E-state index contributed by atoms with van der Waals surface area (Å²) in [5, 5.41) is 3.49. The second-order valence-corrected chi connectivity index (χ2v) is 4.59. The molecule has 1 aromatic rings. The molecule has 0 atom stereocenters. The summed E-state index contributed by atoms with van der Waals surface area (Å²) in [7, 11) is 0. The van der Waals surface area contributed by atoms with E-state index in [1.807, 2.05) is 0 Å². The lowest BCUT2D eigenvalue weighted by Crippen LogP contribution is -2.17. The Morgan fingerprint density at radius 1 is 1.12 bits per heavy atom. The summed E-state index contributed by atoms with van der Waals surface area (Å²) in [5.74, 6) is 0.533. The van der Waals surface area contributed by atoms with E-state index < -0.39 is 0 Å². The van der Waals surface area contributed by atoms with Crippen LogP contribution in [-0.4, -0.2) is 19.2 Å². The van der Waals surface area contributed by atoms with Gasteiger partial charge in [-0.1, -0.05) is 0 Å². The zero-order valence-corrected chi connectivity index (χ0v) is 10.1. The molecule has 0 bridgehead atoms. The van der Waals surface area contributed by atoms with Crippen LogP contribution in [-0.2, 0) is 0 Å². The average Bonchev–Trinajstić information content (AvgIpc) is 3.14. The zero-order valence-electron chi connectivity index (χ0n) is 10.1. The van der Waals surface area contributed by atoms with Crippen molar-refractivity contribution >= 4 is 0 Å². The molecule has 1 aliphatic rings. The number of halogens is 1. The summed E-state index contributed by atoms with van der Waals surface area (Å²) in [6.45, 7) is 1.84. The van der Waals surface area contributed by atoms with Crippen LogP contribution in [0.15, 0.2) is 24.3 Å². The lowest BCUT2D eigenvalue weighted by Gasteiger charge is -2.06. The average molecular weight is 237 g/mol. The molecular weight excluding hydrogens is 217 g/mol. The molecule has 0 spiro atoms. The molecule has 0 aliphatic heterocycles. The zero-order chi connectivity index (χ0) is 11.9. The molecule has 0 radical (unpaired) electrons. The van der Waals surface area contributed by atoms with Crippen LogP contribution >= 0.6 is 0 Å². The van der Waals surface area contributed by atoms with E-state index in [4.69, 9.17) is 4.74 Å². The summed E-state index contributed by atoms with van der Waals surface area (Å²) < 4.78 is 18.1. The van der Waals surface area contributed by atoms with Crippen LogP contribution < -0.4 is 10.1 Å². The van der Waals surface area contributed by atoms with Gasteiger partial charge in [-0.2, -0.15) is 0 Å². The number of hydrogen-bond acceptors (Lipinski definition) is 2. The molecule has 2 nitrogen and oxygen atoms in total. The standard InChI is InChI=1S/C14H20FNO/c15-12-4-8-14(9-5-12)17-11-3-1-2-10-16-13-6-7-13/h4-5,8-9,13,16H,1-3,6-7,10-11H2. The summed E-state index contributed by atoms with van der Waals surface area (Å²) in [6, 6.07) is 7.00. The molecule has 2 rings (SSSR count). The fraction of sp³-hybridized carbons (Fsp3) is 0.571. The summed E-state index contributed by atoms with van der Waals surface area (Å²) >= 11 is 0. The summed E-state index contributed by atoms with van der Waals surface area (Å²) in [6.07, 6.45) is 6.16. The minimum atomic E-state index is -0.219. The third-order valence-corrected chi connectivity index (χ3v) is 2.91. The van der Waals surface area contributed by atoms with Crippen LogP contribution in [0.3, 0.4) is 0 Å². The van der Waals surface area contributed by atoms with Gasteiger partial charge >= 0.3 is 0 Å². The van der Waals surface area contributed by atoms with E-state index in [9.17, 15) is 4.39 Å². The second kappa shape index (κ2) is 6.60. The molecule has 94 valence electrons. The Balaban J connectivity index is 1.46. The third kappa shape index (κ3) is 5.18. The van der Waals surface area contributed by atoms with Crippen molar-refractivity contribution in [2.45, 2.75) is 38.1 Å². The van der Waals surface area contributed by atoms with Gasteiger partial charge in [0.25, 0.3) is 0 Å². The minimum absolute atomic E-state index is 0.219. The highest BCUT2D eigenvalue weighted by atomic mass is 19.1. The Hall–Kier alpha value is -1.09. The monoisotopic (exact) mass is 237 g/mol. The highest BCUT2D eigenvalue weighted by Crippen LogP contribution is 2.18. The summed E-state index contributed by atoms with van der Waals surface area (Å²) in [4.78, 5) is 0. The first-order chi connectivity index (χ1) is 8.34. The topological polar surface area (TPSA) is 21.3 Å². The first-order valence-electron chi connectivity index (χ1n) is 6.46. The van der Waals surface area contributed by atoms with Gasteiger partial charge in [0.15, 0.2) is 0 Å². The molecular formula is C14H20FNO. The molecule has 0 unspecified atom stereocenters. The number of ether oxygens (including phenoxy) is 1. The molecule has 1 aliphatic carbocycles. The molecule has 0 heterocycles. The van der Waals surface area contributed by atoms with E-state index in [0.29, 0.717) is 0 Å².